The van der Waals surface area contributed by atoms with Crippen molar-refractivity contribution < 1.29 is 9.90 Å². The van der Waals surface area contributed by atoms with Gasteiger partial charge in [-0.3, -0.25) is 0 Å². The van der Waals surface area contributed by atoms with E-state index in [0.717, 1.165) is 87.6 Å². The molecule has 4 aromatic carbocycles. The molecule has 0 bridgehead atoms. The van der Waals surface area contributed by atoms with E-state index < -0.39 is 5.97 Å². The molecule has 1 saturated heterocycles. The number of benzene rings is 4. The summed E-state index contributed by atoms with van der Waals surface area (Å²) in [7, 11) is 2.17. The summed E-state index contributed by atoms with van der Waals surface area (Å²) in [5.74, 6) is 1.30. The van der Waals surface area contributed by atoms with Gasteiger partial charge in [0.15, 0.2) is 0 Å². The second-order valence-electron chi connectivity index (χ2n) is 11.1. The Morgan fingerprint density at radius 1 is 0.628 bits per heavy atom. The summed E-state index contributed by atoms with van der Waals surface area (Å²) in [6.07, 6.45) is 0. The number of carboxylic acid groups (broad SMARTS) is 1. The second-order valence-corrected chi connectivity index (χ2v) is 11.1. The molecule has 0 amide bonds. The number of fused-ring (bicyclic) bond motifs is 3. The Morgan fingerprint density at radius 2 is 1.09 bits per heavy atom. The van der Waals surface area contributed by atoms with Gasteiger partial charge in [-0.05, 0) is 73.8 Å². The molecule has 4 N–H and O–H groups in total. The molecule has 7 aromatic rings. The first-order valence-electron chi connectivity index (χ1n) is 14.2. The molecule has 0 radical (unpaired) electrons. The smallest absolute Gasteiger partial charge is 0.335 e. The third-order valence-corrected chi connectivity index (χ3v) is 8.25. The third kappa shape index (κ3) is 4.58. The van der Waals surface area contributed by atoms with Crippen LogP contribution in [0.2, 0.25) is 0 Å². The van der Waals surface area contributed by atoms with Crippen molar-refractivity contribution in [3.8, 4) is 34.2 Å². The molecule has 0 spiro atoms. The van der Waals surface area contributed by atoms with Gasteiger partial charge in [-0.1, -0.05) is 12.1 Å². The lowest BCUT2D eigenvalue weighted by atomic mass is 10.1. The van der Waals surface area contributed by atoms with Gasteiger partial charge in [0, 0.05) is 48.6 Å². The number of nitrogens with one attached hydrogen (secondary N) is 3. The summed E-state index contributed by atoms with van der Waals surface area (Å²) in [6.45, 7) is 4.18. The molecule has 0 unspecified atom stereocenters. The third-order valence-electron chi connectivity index (χ3n) is 8.25. The summed E-state index contributed by atoms with van der Waals surface area (Å²) >= 11 is 0. The van der Waals surface area contributed by atoms with Crippen molar-refractivity contribution in [2.24, 2.45) is 0 Å². The van der Waals surface area contributed by atoms with Gasteiger partial charge in [-0.15, -0.1) is 0 Å². The Bertz CT molecular complexity index is 2150. The van der Waals surface area contributed by atoms with Crippen molar-refractivity contribution in [3.63, 3.8) is 0 Å². The van der Waals surface area contributed by atoms with E-state index in [9.17, 15) is 9.90 Å². The minimum absolute atomic E-state index is 0.242. The van der Waals surface area contributed by atoms with Gasteiger partial charge < -0.3 is 29.9 Å². The molecule has 8 rings (SSSR count). The summed E-state index contributed by atoms with van der Waals surface area (Å²) in [5, 5.41) is 9.17. The van der Waals surface area contributed by atoms with Crippen molar-refractivity contribution in [2.45, 2.75) is 0 Å². The zero-order valence-corrected chi connectivity index (χ0v) is 23.4. The molecule has 4 heterocycles. The van der Waals surface area contributed by atoms with E-state index in [1.807, 2.05) is 24.3 Å². The van der Waals surface area contributed by atoms with E-state index in [1.165, 1.54) is 5.69 Å². The second kappa shape index (κ2) is 9.81. The number of H-pyrrole nitrogens is 3. The number of hydrogen-bond acceptors (Lipinski definition) is 6. The van der Waals surface area contributed by atoms with Gasteiger partial charge in [-0.2, -0.15) is 0 Å². The van der Waals surface area contributed by atoms with Crippen LogP contribution in [0.15, 0.2) is 78.9 Å². The molecule has 0 aliphatic carbocycles. The number of anilines is 1. The molecule has 0 saturated carbocycles. The molecule has 43 heavy (non-hydrogen) atoms. The first-order valence-corrected chi connectivity index (χ1v) is 14.2. The number of aromatic carboxylic acids is 1. The standard InChI is InChI=1S/C33H28N8O2/c1-40-12-14-41(15-13-40)23-8-11-26-29(18-23)39-32(36-26)22-7-10-25-28(17-22)38-31(35-25)21-6-9-24-27(16-21)37-30(34-24)19-2-4-20(5-3-19)33(42)43/h2-11,16-18H,12-15H2,1H3,(H,34,37)(H,35,38)(H,36,39)(H,42,43). The number of carboxylic acids is 1. The Morgan fingerprint density at radius 3 is 1.63 bits per heavy atom. The monoisotopic (exact) mass is 568 g/mol. The van der Waals surface area contributed by atoms with E-state index in [0.29, 0.717) is 5.82 Å². The quantitative estimate of drug-likeness (QED) is 0.208. The molecule has 212 valence electrons. The Labute approximate surface area is 246 Å². The highest BCUT2D eigenvalue weighted by molar-refractivity contribution is 5.90. The van der Waals surface area contributed by atoms with Crippen molar-refractivity contribution in [1.82, 2.24) is 34.8 Å². The largest absolute Gasteiger partial charge is 0.478 e. The van der Waals surface area contributed by atoms with Crippen LogP contribution in [0.4, 0.5) is 5.69 Å². The van der Waals surface area contributed by atoms with E-state index in [2.05, 4.69) is 62.1 Å². The van der Waals surface area contributed by atoms with Crippen LogP contribution in [-0.4, -0.2) is 79.1 Å². The molecule has 10 nitrogen and oxygen atoms in total. The average molecular weight is 569 g/mol. The normalized spacial score (nSPS) is 14.3. The number of aromatic nitrogens is 6. The van der Waals surface area contributed by atoms with Crippen molar-refractivity contribution in [3.05, 3.63) is 84.4 Å². The lowest BCUT2D eigenvalue weighted by Gasteiger charge is -2.34. The van der Waals surface area contributed by atoms with Gasteiger partial charge in [0.2, 0.25) is 0 Å². The lowest BCUT2D eigenvalue weighted by Crippen LogP contribution is -2.44. The van der Waals surface area contributed by atoms with Crippen molar-refractivity contribution >= 4 is 44.8 Å². The fourth-order valence-electron chi connectivity index (χ4n) is 5.74. The number of aromatic amines is 3. The lowest BCUT2D eigenvalue weighted by molar-refractivity contribution is 0.0697. The topological polar surface area (TPSA) is 130 Å². The van der Waals surface area contributed by atoms with Crippen molar-refractivity contribution in [1.29, 1.82) is 0 Å². The Hall–Kier alpha value is -5.48. The van der Waals surface area contributed by atoms with Gasteiger partial charge in [-0.25, -0.2) is 19.7 Å². The SMILES string of the molecule is CN1CCN(c2ccc3[nH]c(-c4ccc5[nH]c(-c6ccc7[nH]c(-c8ccc(C(=O)O)cc8)nc7c6)nc5c4)nc3c2)CC1. The minimum atomic E-state index is -0.952. The molecule has 3 aromatic heterocycles. The predicted octanol–water partition coefficient (Wildman–Crippen LogP) is 5.77. The van der Waals surface area contributed by atoms with Crippen molar-refractivity contribution in [2.75, 3.05) is 38.1 Å². The summed E-state index contributed by atoms with van der Waals surface area (Å²) in [4.78, 5) is 40.8. The molecule has 10 heteroatoms. The van der Waals surface area contributed by atoms with Gasteiger partial charge >= 0.3 is 5.97 Å². The zero-order valence-electron chi connectivity index (χ0n) is 23.4. The molecule has 1 aliphatic rings. The Kier molecular flexibility index (Phi) is 5.76. The number of nitrogens with zero attached hydrogens (tertiary/aromatic N) is 5. The van der Waals surface area contributed by atoms with E-state index in [-0.39, 0.29) is 5.56 Å². The van der Waals surface area contributed by atoms with Crippen LogP contribution in [0, 0.1) is 0 Å². The molecule has 0 atom stereocenters. The maximum atomic E-state index is 11.2. The van der Waals surface area contributed by atoms with Crippen LogP contribution in [0.5, 0.6) is 0 Å². The van der Waals surface area contributed by atoms with E-state index in [1.54, 1.807) is 24.3 Å². The highest BCUT2D eigenvalue weighted by Gasteiger charge is 2.16. The van der Waals surface area contributed by atoms with Crippen LogP contribution in [0.25, 0.3) is 67.3 Å². The molecular weight excluding hydrogens is 540 g/mol. The van der Waals surface area contributed by atoms with Gasteiger partial charge in [0.1, 0.15) is 17.5 Å². The van der Waals surface area contributed by atoms with Crippen LogP contribution >= 0.6 is 0 Å². The number of likely N-dealkylation sites (N-methyl/N-ethyl adjacent to an activating group) is 1. The molecule has 1 fully saturated rings. The summed E-state index contributed by atoms with van der Waals surface area (Å²) in [6, 6.07) is 25.3. The first-order chi connectivity index (χ1) is 21.0. The van der Waals surface area contributed by atoms with E-state index in [4.69, 9.17) is 15.0 Å². The fraction of sp³-hybridized carbons (Fsp3) is 0.152. The number of piperazine rings is 1. The number of hydrogen-bond donors (Lipinski definition) is 4. The van der Waals surface area contributed by atoms with Crippen LogP contribution in [0.3, 0.4) is 0 Å². The fourth-order valence-corrected chi connectivity index (χ4v) is 5.74. The summed E-state index contributed by atoms with van der Waals surface area (Å²) in [5.41, 5.74) is 9.62. The van der Waals surface area contributed by atoms with Crippen LogP contribution in [-0.2, 0) is 0 Å². The minimum Gasteiger partial charge on any atom is -0.478 e. The maximum absolute atomic E-state index is 11.2. The number of rotatable bonds is 5. The molecular formula is C33H28N8O2. The van der Waals surface area contributed by atoms with Crippen LogP contribution < -0.4 is 4.90 Å². The van der Waals surface area contributed by atoms with Crippen LogP contribution in [0.1, 0.15) is 10.4 Å². The van der Waals surface area contributed by atoms with Gasteiger partial charge in [0.05, 0.1) is 38.7 Å². The average Bonchev–Trinajstić information content (AvgIpc) is 3.77. The highest BCUT2D eigenvalue weighted by Crippen LogP contribution is 2.30. The first kappa shape index (κ1) is 25.2. The highest BCUT2D eigenvalue weighted by atomic mass is 16.4. The zero-order chi connectivity index (χ0) is 29.1. The molecule has 1 aliphatic heterocycles. The van der Waals surface area contributed by atoms with Gasteiger partial charge in [0.25, 0.3) is 0 Å². The van der Waals surface area contributed by atoms with E-state index >= 15 is 0 Å². The number of carbonyl (C=O) groups is 1. The number of imidazole rings is 3. The predicted molar refractivity (Wildman–Crippen MR) is 168 cm³/mol. The maximum Gasteiger partial charge on any atom is 0.335 e. The summed E-state index contributed by atoms with van der Waals surface area (Å²) < 4.78 is 0. The Balaban J connectivity index is 1.07.